The van der Waals surface area contributed by atoms with Gasteiger partial charge in [-0.3, -0.25) is 14.7 Å². The van der Waals surface area contributed by atoms with Crippen LogP contribution in [0.2, 0.25) is 0 Å². The number of halogens is 2. The van der Waals surface area contributed by atoms with Crippen LogP contribution >= 0.6 is 0 Å². The molecule has 0 radical (unpaired) electrons. The third-order valence-electron chi connectivity index (χ3n) is 6.16. The third-order valence-corrected chi connectivity index (χ3v) is 6.16. The molecule has 1 fully saturated rings. The number of carbonyl (C=O) groups excluding carboxylic acids is 1. The summed E-state index contributed by atoms with van der Waals surface area (Å²) in [4.78, 5) is 19.8. The minimum atomic E-state index is -0.702. The number of nitrogens with zero attached hydrogens (tertiary/aromatic N) is 2. The number of nitrogens with one attached hydrogen (secondary N) is 1. The van der Waals surface area contributed by atoms with Gasteiger partial charge in [0.2, 0.25) is 5.91 Å². The minimum Gasteiger partial charge on any atom is -0.489 e. The molecule has 1 aromatic heterocycles. The largest absolute Gasteiger partial charge is 0.489 e. The van der Waals surface area contributed by atoms with Gasteiger partial charge in [0.05, 0.1) is 11.7 Å². The van der Waals surface area contributed by atoms with Crippen molar-refractivity contribution in [2.45, 2.75) is 25.8 Å². The monoisotopic (exact) mass is 465 g/mol. The highest BCUT2D eigenvalue weighted by Crippen LogP contribution is 2.24. The van der Waals surface area contributed by atoms with Gasteiger partial charge in [0, 0.05) is 24.7 Å². The molecule has 1 unspecified atom stereocenters. The predicted molar refractivity (Wildman–Crippen MR) is 126 cm³/mol. The SMILES string of the molecule is Cc1cccc(C(NC(=O)C2CCN(CCOc3ccc(F)cc3F)CC2)c2ccccn2)c1. The van der Waals surface area contributed by atoms with Gasteiger partial charge in [-0.2, -0.15) is 0 Å². The lowest BCUT2D eigenvalue weighted by Gasteiger charge is -2.32. The molecule has 2 aromatic carbocycles. The first-order valence-corrected chi connectivity index (χ1v) is 11.6. The van der Waals surface area contributed by atoms with Crippen LogP contribution in [0, 0.1) is 24.5 Å². The van der Waals surface area contributed by atoms with Crippen molar-refractivity contribution in [1.82, 2.24) is 15.2 Å². The van der Waals surface area contributed by atoms with E-state index in [1.807, 2.05) is 43.3 Å². The Bertz CT molecular complexity index is 1100. The van der Waals surface area contributed by atoms with Crippen LogP contribution in [0.3, 0.4) is 0 Å². The fourth-order valence-corrected chi connectivity index (χ4v) is 4.28. The Labute approximate surface area is 198 Å². The standard InChI is InChI=1S/C27H29F2N3O2/c1-19-5-4-6-21(17-19)26(24-7-2-3-12-30-24)31-27(33)20-10-13-32(14-11-20)15-16-34-25-9-8-22(28)18-23(25)29/h2-9,12,17-18,20,26H,10-11,13-16H2,1H3,(H,31,33). The molecule has 3 aromatic rings. The van der Waals surface area contributed by atoms with Gasteiger partial charge in [0.15, 0.2) is 11.6 Å². The van der Waals surface area contributed by atoms with E-state index in [0.29, 0.717) is 13.2 Å². The van der Waals surface area contributed by atoms with E-state index in [0.717, 1.165) is 48.8 Å². The van der Waals surface area contributed by atoms with Crippen LogP contribution in [-0.2, 0) is 4.79 Å². The highest BCUT2D eigenvalue weighted by atomic mass is 19.1. The Balaban J connectivity index is 1.30. The first-order valence-electron chi connectivity index (χ1n) is 11.6. The van der Waals surface area contributed by atoms with Crippen molar-refractivity contribution in [3.8, 4) is 5.75 Å². The van der Waals surface area contributed by atoms with Gasteiger partial charge in [0.1, 0.15) is 12.4 Å². The molecule has 1 saturated heterocycles. The quantitative estimate of drug-likeness (QED) is 0.526. The van der Waals surface area contributed by atoms with E-state index < -0.39 is 11.6 Å². The van der Waals surface area contributed by atoms with E-state index in [4.69, 9.17) is 4.74 Å². The second kappa shape index (κ2) is 11.2. The number of piperidine rings is 1. The fraction of sp³-hybridized carbons (Fsp3) is 0.333. The Morgan fingerprint density at radius 1 is 1.12 bits per heavy atom. The zero-order valence-electron chi connectivity index (χ0n) is 19.2. The van der Waals surface area contributed by atoms with Crippen molar-refractivity contribution in [2.24, 2.45) is 5.92 Å². The normalized spacial score (nSPS) is 15.6. The van der Waals surface area contributed by atoms with E-state index in [-0.39, 0.29) is 23.6 Å². The number of pyridine rings is 1. The first-order chi connectivity index (χ1) is 16.5. The number of carbonyl (C=O) groups is 1. The topological polar surface area (TPSA) is 54.5 Å². The van der Waals surface area contributed by atoms with E-state index in [1.165, 1.54) is 12.1 Å². The number of benzene rings is 2. The maximum absolute atomic E-state index is 13.7. The van der Waals surface area contributed by atoms with Gasteiger partial charge >= 0.3 is 0 Å². The van der Waals surface area contributed by atoms with Crippen LogP contribution < -0.4 is 10.1 Å². The molecule has 1 aliphatic rings. The van der Waals surface area contributed by atoms with E-state index in [1.54, 1.807) is 6.20 Å². The third kappa shape index (κ3) is 6.17. The number of aromatic nitrogens is 1. The van der Waals surface area contributed by atoms with Gasteiger partial charge < -0.3 is 10.1 Å². The lowest BCUT2D eigenvalue weighted by Crippen LogP contribution is -2.43. The van der Waals surface area contributed by atoms with Crippen LogP contribution in [0.5, 0.6) is 5.75 Å². The number of ether oxygens (including phenoxy) is 1. The van der Waals surface area contributed by atoms with Crippen molar-refractivity contribution >= 4 is 5.91 Å². The molecule has 34 heavy (non-hydrogen) atoms. The summed E-state index contributed by atoms with van der Waals surface area (Å²) >= 11 is 0. The number of hydrogen-bond acceptors (Lipinski definition) is 4. The molecular formula is C27H29F2N3O2. The van der Waals surface area contributed by atoms with E-state index >= 15 is 0 Å². The number of rotatable bonds is 8. The number of aryl methyl sites for hydroxylation is 1. The highest BCUT2D eigenvalue weighted by molar-refractivity contribution is 5.79. The van der Waals surface area contributed by atoms with Crippen molar-refractivity contribution in [2.75, 3.05) is 26.2 Å². The molecule has 1 amide bonds. The summed E-state index contributed by atoms with van der Waals surface area (Å²) in [6.07, 6.45) is 3.21. The highest BCUT2D eigenvalue weighted by Gasteiger charge is 2.28. The van der Waals surface area contributed by atoms with E-state index in [2.05, 4.69) is 21.3 Å². The van der Waals surface area contributed by atoms with Crippen molar-refractivity contribution in [3.63, 3.8) is 0 Å². The lowest BCUT2D eigenvalue weighted by molar-refractivity contribution is -0.127. The maximum Gasteiger partial charge on any atom is 0.224 e. The smallest absolute Gasteiger partial charge is 0.224 e. The van der Waals surface area contributed by atoms with Crippen LogP contribution in [0.15, 0.2) is 66.9 Å². The number of amides is 1. The molecule has 1 aliphatic heterocycles. The second-order valence-electron chi connectivity index (χ2n) is 8.65. The minimum absolute atomic E-state index is 0.0291. The van der Waals surface area contributed by atoms with Gasteiger partial charge in [0.25, 0.3) is 0 Å². The molecule has 178 valence electrons. The molecule has 0 bridgehead atoms. The Hall–Kier alpha value is -3.32. The molecular weight excluding hydrogens is 436 g/mol. The summed E-state index contributed by atoms with van der Waals surface area (Å²) in [5.41, 5.74) is 2.95. The molecule has 1 atom stereocenters. The summed E-state index contributed by atoms with van der Waals surface area (Å²) in [5, 5.41) is 3.22. The summed E-state index contributed by atoms with van der Waals surface area (Å²) in [5.74, 6) is -1.33. The summed E-state index contributed by atoms with van der Waals surface area (Å²) in [7, 11) is 0. The molecule has 2 heterocycles. The summed E-state index contributed by atoms with van der Waals surface area (Å²) in [6, 6.07) is 16.8. The zero-order valence-corrected chi connectivity index (χ0v) is 19.2. The second-order valence-corrected chi connectivity index (χ2v) is 8.65. The summed E-state index contributed by atoms with van der Waals surface area (Å²) in [6.45, 7) is 4.46. The van der Waals surface area contributed by atoms with Gasteiger partial charge in [-0.1, -0.05) is 35.9 Å². The van der Waals surface area contributed by atoms with Gasteiger partial charge in [-0.15, -0.1) is 0 Å². The van der Waals surface area contributed by atoms with Gasteiger partial charge in [-0.05, 0) is 62.7 Å². The van der Waals surface area contributed by atoms with Crippen molar-refractivity contribution in [3.05, 3.63) is 95.3 Å². The molecule has 4 rings (SSSR count). The molecule has 1 N–H and O–H groups in total. The molecule has 0 saturated carbocycles. The van der Waals surface area contributed by atoms with Gasteiger partial charge in [-0.25, -0.2) is 8.78 Å². The van der Waals surface area contributed by atoms with Crippen LogP contribution in [0.1, 0.15) is 35.7 Å². The average Bonchev–Trinajstić information content (AvgIpc) is 2.84. The Morgan fingerprint density at radius 2 is 1.94 bits per heavy atom. The molecule has 0 aliphatic carbocycles. The van der Waals surface area contributed by atoms with E-state index in [9.17, 15) is 13.6 Å². The lowest BCUT2D eigenvalue weighted by atomic mass is 9.94. The van der Waals surface area contributed by atoms with Crippen LogP contribution in [0.25, 0.3) is 0 Å². The van der Waals surface area contributed by atoms with Crippen LogP contribution in [-0.4, -0.2) is 42.0 Å². The average molecular weight is 466 g/mol. The zero-order chi connectivity index (χ0) is 23.9. The first kappa shape index (κ1) is 23.8. The van der Waals surface area contributed by atoms with Crippen LogP contribution in [0.4, 0.5) is 8.78 Å². The molecule has 7 heteroatoms. The Morgan fingerprint density at radius 3 is 2.65 bits per heavy atom. The summed E-state index contributed by atoms with van der Waals surface area (Å²) < 4.78 is 32.2. The Kier molecular flexibility index (Phi) is 7.85. The maximum atomic E-state index is 13.7. The predicted octanol–water partition coefficient (Wildman–Crippen LogP) is 4.66. The van der Waals surface area contributed by atoms with Crippen molar-refractivity contribution < 1.29 is 18.3 Å². The molecule has 5 nitrogen and oxygen atoms in total. The van der Waals surface area contributed by atoms with Crippen molar-refractivity contribution in [1.29, 1.82) is 0 Å². The number of likely N-dealkylation sites (tertiary alicyclic amines) is 1. The fourth-order valence-electron chi connectivity index (χ4n) is 4.28. The molecule has 0 spiro atoms. The number of hydrogen-bond donors (Lipinski definition) is 1.